The van der Waals surface area contributed by atoms with Gasteiger partial charge in [0.05, 0.1) is 32.5 Å². The van der Waals surface area contributed by atoms with Crippen LogP contribution in [0.25, 0.3) is 0 Å². The zero-order chi connectivity index (χ0) is 8.93. The summed E-state index contributed by atoms with van der Waals surface area (Å²) in [7, 11) is 0. The van der Waals surface area contributed by atoms with Gasteiger partial charge in [0.15, 0.2) is 0 Å². The molecule has 4 heteroatoms. The van der Waals surface area contributed by atoms with E-state index in [4.69, 9.17) is 4.74 Å². The maximum Gasteiger partial charge on any atom is 0.0659 e. The van der Waals surface area contributed by atoms with E-state index in [1.807, 2.05) is 17.3 Å². The zero-order valence-electron chi connectivity index (χ0n) is 7.35. The van der Waals surface area contributed by atoms with Gasteiger partial charge in [0.2, 0.25) is 0 Å². The van der Waals surface area contributed by atoms with Crippen LogP contribution in [0.5, 0.6) is 0 Å². The quantitative estimate of drug-likeness (QED) is 0.668. The number of hydrazone groups is 1. The second-order valence-electron chi connectivity index (χ2n) is 2.83. The Hall–Kier alpha value is -0.870. The molecule has 1 saturated heterocycles. The summed E-state index contributed by atoms with van der Waals surface area (Å²) < 4.78 is 5.22. The maximum absolute atomic E-state index is 5.22. The number of thiophene rings is 1. The number of hydrogen-bond donors (Lipinski definition) is 0. The Labute approximate surface area is 81.6 Å². The van der Waals surface area contributed by atoms with E-state index in [-0.39, 0.29) is 0 Å². The molecule has 2 rings (SSSR count). The molecule has 1 aromatic rings. The lowest BCUT2D eigenvalue weighted by molar-refractivity contribution is 0.0397. The molecular weight excluding hydrogens is 184 g/mol. The molecular formula is C9H12N2OS. The molecule has 70 valence electrons. The summed E-state index contributed by atoms with van der Waals surface area (Å²) in [6.45, 7) is 3.40. The Morgan fingerprint density at radius 1 is 1.46 bits per heavy atom. The van der Waals surface area contributed by atoms with E-state index in [0.717, 1.165) is 26.3 Å². The van der Waals surface area contributed by atoms with Gasteiger partial charge < -0.3 is 4.74 Å². The van der Waals surface area contributed by atoms with Gasteiger partial charge in [-0.25, -0.2) is 0 Å². The smallest absolute Gasteiger partial charge is 0.0659 e. The number of morpholine rings is 1. The average Bonchev–Trinajstić information content (AvgIpc) is 2.69. The van der Waals surface area contributed by atoms with Gasteiger partial charge in [-0.15, -0.1) is 11.3 Å². The summed E-state index contributed by atoms with van der Waals surface area (Å²) in [5.74, 6) is 0. The highest BCUT2D eigenvalue weighted by Gasteiger charge is 2.05. The van der Waals surface area contributed by atoms with E-state index in [1.165, 1.54) is 4.88 Å². The molecule has 1 aliphatic rings. The molecule has 0 bridgehead atoms. The van der Waals surface area contributed by atoms with Crippen molar-refractivity contribution in [3.8, 4) is 0 Å². The van der Waals surface area contributed by atoms with Gasteiger partial charge >= 0.3 is 0 Å². The van der Waals surface area contributed by atoms with Crippen LogP contribution >= 0.6 is 11.3 Å². The first-order chi connectivity index (χ1) is 6.45. The van der Waals surface area contributed by atoms with E-state index >= 15 is 0 Å². The van der Waals surface area contributed by atoms with Crippen LogP contribution in [0.2, 0.25) is 0 Å². The molecule has 0 atom stereocenters. The summed E-state index contributed by atoms with van der Waals surface area (Å²) >= 11 is 1.70. The lowest BCUT2D eigenvalue weighted by Crippen LogP contribution is -2.32. The first-order valence-electron chi connectivity index (χ1n) is 4.35. The fraction of sp³-hybridized carbons (Fsp3) is 0.444. The van der Waals surface area contributed by atoms with E-state index in [9.17, 15) is 0 Å². The molecule has 13 heavy (non-hydrogen) atoms. The molecule has 0 aromatic carbocycles. The Morgan fingerprint density at radius 3 is 3.00 bits per heavy atom. The van der Waals surface area contributed by atoms with E-state index < -0.39 is 0 Å². The Morgan fingerprint density at radius 2 is 2.31 bits per heavy atom. The van der Waals surface area contributed by atoms with Crippen LogP contribution < -0.4 is 0 Å². The van der Waals surface area contributed by atoms with Crippen molar-refractivity contribution >= 4 is 17.6 Å². The van der Waals surface area contributed by atoms with Gasteiger partial charge in [-0.2, -0.15) is 5.10 Å². The molecule has 0 spiro atoms. The van der Waals surface area contributed by atoms with Gasteiger partial charge in [0.1, 0.15) is 0 Å². The fourth-order valence-electron chi connectivity index (χ4n) is 1.17. The lowest BCUT2D eigenvalue weighted by Gasteiger charge is -2.23. The van der Waals surface area contributed by atoms with Crippen LogP contribution in [0, 0.1) is 0 Å². The molecule has 0 amide bonds. The minimum absolute atomic E-state index is 0.793. The standard InChI is InChI=1S/C9H12N2OS/c1-2-9(13-7-1)8-10-11-3-5-12-6-4-11/h1-2,7-8H,3-6H2/b10-8+. The zero-order valence-corrected chi connectivity index (χ0v) is 8.17. The Kier molecular flexibility index (Phi) is 2.94. The fourth-order valence-corrected chi connectivity index (χ4v) is 1.75. The highest BCUT2D eigenvalue weighted by Crippen LogP contribution is 2.05. The lowest BCUT2D eigenvalue weighted by atomic mass is 10.5. The highest BCUT2D eigenvalue weighted by molar-refractivity contribution is 7.11. The molecule has 0 radical (unpaired) electrons. The molecule has 1 fully saturated rings. The molecule has 0 saturated carbocycles. The SMILES string of the molecule is C(=N\N1CCOCC1)/c1cccs1. The Bertz CT molecular complexity index is 265. The van der Waals surface area contributed by atoms with Crippen LogP contribution in [0.4, 0.5) is 0 Å². The summed E-state index contributed by atoms with van der Waals surface area (Å²) in [6, 6.07) is 4.10. The van der Waals surface area contributed by atoms with Crippen molar-refractivity contribution in [2.45, 2.75) is 0 Å². The predicted octanol–water partition coefficient (Wildman–Crippen LogP) is 1.41. The molecule has 0 unspecified atom stereocenters. The molecule has 1 aliphatic heterocycles. The van der Waals surface area contributed by atoms with Gasteiger partial charge in [-0.3, -0.25) is 5.01 Å². The third-order valence-electron chi connectivity index (χ3n) is 1.88. The predicted molar refractivity (Wildman–Crippen MR) is 54.3 cm³/mol. The van der Waals surface area contributed by atoms with Crippen LogP contribution in [0.3, 0.4) is 0 Å². The molecule has 2 heterocycles. The number of nitrogens with zero attached hydrogens (tertiary/aromatic N) is 2. The van der Waals surface area contributed by atoms with Crippen molar-refractivity contribution in [1.82, 2.24) is 5.01 Å². The van der Waals surface area contributed by atoms with Crippen LogP contribution in [-0.2, 0) is 4.74 Å². The number of hydrogen-bond acceptors (Lipinski definition) is 4. The van der Waals surface area contributed by atoms with Gasteiger partial charge in [-0.1, -0.05) is 6.07 Å². The normalized spacial score (nSPS) is 18.3. The van der Waals surface area contributed by atoms with Crippen molar-refractivity contribution in [2.75, 3.05) is 26.3 Å². The first-order valence-corrected chi connectivity index (χ1v) is 5.23. The van der Waals surface area contributed by atoms with Crippen molar-refractivity contribution in [1.29, 1.82) is 0 Å². The van der Waals surface area contributed by atoms with Gasteiger partial charge in [0.25, 0.3) is 0 Å². The molecule has 0 aliphatic carbocycles. The second-order valence-corrected chi connectivity index (χ2v) is 3.81. The summed E-state index contributed by atoms with van der Waals surface area (Å²) in [5.41, 5.74) is 0. The van der Waals surface area contributed by atoms with Crippen molar-refractivity contribution in [2.24, 2.45) is 5.10 Å². The minimum Gasteiger partial charge on any atom is -0.378 e. The van der Waals surface area contributed by atoms with Crippen molar-refractivity contribution < 1.29 is 4.74 Å². The molecule has 3 nitrogen and oxygen atoms in total. The maximum atomic E-state index is 5.22. The largest absolute Gasteiger partial charge is 0.378 e. The first kappa shape index (κ1) is 8.72. The van der Waals surface area contributed by atoms with Crippen molar-refractivity contribution in [3.05, 3.63) is 22.4 Å². The minimum atomic E-state index is 0.793. The number of rotatable bonds is 2. The van der Waals surface area contributed by atoms with Crippen LogP contribution in [0.1, 0.15) is 4.88 Å². The van der Waals surface area contributed by atoms with Crippen LogP contribution in [-0.4, -0.2) is 37.5 Å². The third kappa shape index (κ3) is 2.54. The van der Waals surface area contributed by atoms with E-state index in [1.54, 1.807) is 11.3 Å². The average molecular weight is 196 g/mol. The number of ether oxygens (including phenoxy) is 1. The van der Waals surface area contributed by atoms with Crippen molar-refractivity contribution in [3.63, 3.8) is 0 Å². The summed E-state index contributed by atoms with van der Waals surface area (Å²) in [6.07, 6.45) is 1.91. The Balaban J connectivity index is 1.89. The van der Waals surface area contributed by atoms with Crippen LogP contribution in [0.15, 0.2) is 22.6 Å². The second kappa shape index (κ2) is 4.39. The molecule has 0 N–H and O–H groups in total. The molecule has 1 aromatic heterocycles. The summed E-state index contributed by atoms with van der Waals surface area (Å²) in [4.78, 5) is 1.20. The summed E-state index contributed by atoms with van der Waals surface area (Å²) in [5, 5.41) is 8.47. The highest BCUT2D eigenvalue weighted by atomic mass is 32.1. The van der Waals surface area contributed by atoms with E-state index in [2.05, 4.69) is 16.5 Å². The van der Waals surface area contributed by atoms with Gasteiger partial charge in [0, 0.05) is 4.88 Å². The van der Waals surface area contributed by atoms with E-state index in [0.29, 0.717) is 0 Å². The third-order valence-corrected chi connectivity index (χ3v) is 2.69. The topological polar surface area (TPSA) is 24.8 Å². The monoisotopic (exact) mass is 196 g/mol. The van der Waals surface area contributed by atoms with Gasteiger partial charge in [-0.05, 0) is 11.4 Å².